The first kappa shape index (κ1) is 18.4. The molecule has 3 rings (SSSR count). The second-order valence-corrected chi connectivity index (χ2v) is 6.49. The van der Waals surface area contributed by atoms with Crippen LogP contribution in [0.4, 0.5) is 0 Å². The molecule has 1 aromatic carbocycles. The van der Waals surface area contributed by atoms with Crippen molar-refractivity contribution < 1.29 is 14.3 Å². The van der Waals surface area contributed by atoms with E-state index in [1.807, 2.05) is 12.1 Å². The van der Waals surface area contributed by atoms with Crippen LogP contribution in [0.5, 0.6) is 0 Å². The molecule has 0 saturated heterocycles. The molecule has 3 aromatic rings. The lowest BCUT2D eigenvalue weighted by Crippen LogP contribution is -2.31. The fourth-order valence-corrected chi connectivity index (χ4v) is 2.39. The van der Waals surface area contributed by atoms with Crippen LogP contribution in [-0.4, -0.2) is 32.9 Å². The molecule has 0 unspecified atom stereocenters. The number of carbonyl (C=O) groups excluding carboxylic acids is 1. The molecule has 27 heavy (non-hydrogen) atoms. The third-order valence-corrected chi connectivity index (χ3v) is 3.69. The van der Waals surface area contributed by atoms with Gasteiger partial charge in [0.1, 0.15) is 5.60 Å². The quantitative estimate of drug-likeness (QED) is 0.684. The van der Waals surface area contributed by atoms with E-state index in [4.69, 9.17) is 4.42 Å². The number of nitrogens with zero attached hydrogens (tertiary/aromatic N) is 2. The smallest absolute Gasteiger partial charge is 0.287 e. The predicted octanol–water partition coefficient (Wildman–Crippen LogP) is 1.54. The highest BCUT2D eigenvalue weighted by Crippen LogP contribution is 2.08. The zero-order valence-corrected chi connectivity index (χ0v) is 15.0. The predicted molar refractivity (Wildman–Crippen MR) is 100 cm³/mol. The average Bonchev–Trinajstić information content (AvgIpc) is 3.11. The minimum Gasteiger partial charge on any atom is -0.443 e. The molecule has 0 aliphatic rings. The summed E-state index contributed by atoms with van der Waals surface area (Å²) in [5.41, 5.74) is -1.35. The summed E-state index contributed by atoms with van der Waals surface area (Å²) in [6.07, 6.45) is 1.62. The van der Waals surface area contributed by atoms with Crippen molar-refractivity contribution in [3.63, 3.8) is 0 Å². The van der Waals surface area contributed by atoms with Crippen LogP contribution >= 0.6 is 0 Å². The number of rotatable bonds is 4. The minimum atomic E-state index is -1.14. The molecule has 2 heterocycles. The molecule has 2 N–H and O–H groups in total. The van der Waals surface area contributed by atoms with Gasteiger partial charge in [-0.15, -0.1) is 0 Å². The third kappa shape index (κ3) is 4.63. The van der Waals surface area contributed by atoms with Crippen molar-refractivity contribution in [3.8, 4) is 11.8 Å². The molecular formula is C20H19N3O4. The highest BCUT2D eigenvalue weighted by molar-refractivity contribution is 5.91. The molecule has 1 amide bonds. The number of carbonyl (C=O) groups is 1. The lowest BCUT2D eigenvalue weighted by molar-refractivity contribution is 0.0923. The summed E-state index contributed by atoms with van der Waals surface area (Å²) < 4.78 is 6.65. The molecule has 0 aliphatic carbocycles. The maximum absolute atomic E-state index is 12.4. The summed E-state index contributed by atoms with van der Waals surface area (Å²) in [6, 6.07) is 10.3. The number of amides is 1. The van der Waals surface area contributed by atoms with Crippen molar-refractivity contribution in [2.45, 2.75) is 26.0 Å². The van der Waals surface area contributed by atoms with Gasteiger partial charge >= 0.3 is 0 Å². The van der Waals surface area contributed by atoms with Crippen LogP contribution in [0.1, 0.15) is 30.2 Å². The minimum absolute atomic E-state index is 0.105. The van der Waals surface area contributed by atoms with Crippen molar-refractivity contribution >= 4 is 16.7 Å². The van der Waals surface area contributed by atoms with Gasteiger partial charge in [-0.25, -0.2) is 4.68 Å². The van der Waals surface area contributed by atoms with Crippen LogP contribution in [0.3, 0.4) is 0 Å². The molecule has 0 fully saturated rings. The van der Waals surface area contributed by atoms with Crippen molar-refractivity contribution in [2.24, 2.45) is 0 Å². The van der Waals surface area contributed by atoms with Gasteiger partial charge in [0.25, 0.3) is 11.5 Å². The Bertz CT molecular complexity index is 1090. The Morgan fingerprint density at radius 2 is 2.07 bits per heavy atom. The Labute approximate surface area is 155 Å². The van der Waals surface area contributed by atoms with E-state index in [0.29, 0.717) is 5.39 Å². The van der Waals surface area contributed by atoms with Crippen LogP contribution < -0.4 is 10.9 Å². The number of fused-ring (bicyclic) bond motifs is 1. The number of benzene rings is 1. The molecule has 0 spiro atoms. The summed E-state index contributed by atoms with van der Waals surface area (Å²) in [6.45, 7) is 3.57. The Hall–Kier alpha value is -3.37. The highest BCUT2D eigenvalue weighted by Gasteiger charge is 2.11. The highest BCUT2D eigenvalue weighted by atomic mass is 16.3. The van der Waals surface area contributed by atoms with E-state index in [-0.39, 0.29) is 30.2 Å². The van der Waals surface area contributed by atoms with E-state index < -0.39 is 11.5 Å². The molecule has 0 atom stereocenters. The van der Waals surface area contributed by atoms with Crippen LogP contribution in [0.25, 0.3) is 10.8 Å². The fourth-order valence-electron chi connectivity index (χ4n) is 2.39. The second kappa shape index (κ2) is 7.48. The van der Waals surface area contributed by atoms with Crippen LogP contribution in [0.15, 0.2) is 51.8 Å². The molecule has 0 bridgehead atoms. The van der Waals surface area contributed by atoms with Crippen LogP contribution in [0.2, 0.25) is 0 Å². The van der Waals surface area contributed by atoms with E-state index >= 15 is 0 Å². The van der Waals surface area contributed by atoms with Crippen molar-refractivity contribution in [1.29, 1.82) is 0 Å². The second-order valence-electron chi connectivity index (χ2n) is 6.49. The van der Waals surface area contributed by atoms with E-state index in [2.05, 4.69) is 22.3 Å². The van der Waals surface area contributed by atoms with E-state index in [0.717, 1.165) is 5.39 Å². The number of nitrogens with one attached hydrogen (secondary N) is 1. The van der Waals surface area contributed by atoms with Gasteiger partial charge in [-0.1, -0.05) is 24.1 Å². The lowest BCUT2D eigenvalue weighted by atomic mass is 10.1. The van der Waals surface area contributed by atoms with Gasteiger partial charge in [-0.05, 0) is 38.0 Å². The number of hydrogen-bond donors (Lipinski definition) is 2. The number of aromatic nitrogens is 2. The van der Waals surface area contributed by atoms with E-state index in [9.17, 15) is 14.7 Å². The lowest BCUT2D eigenvalue weighted by Gasteiger charge is -2.06. The average molecular weight is 365 g/mol. The van der Waals surface area contributed by atoms with Gasteiger partial charge in [-0.3, -0.25) is 9.59 Å². The maximum atomic E-state index is 12.4. The molecular weight excluding hydrogens is 346 g/mol. The number of furan rings is 1. The molecule has 0 aliphatic heterocycles. The monoisotopic (exact) mass is 365 g/mol. The van der Waals surface area contributed by atoms with Gasteiger partial charge < -0.3 is 14.8 Å². The first-order chi connectivity index (χ1) is 12.8. The SMILES string of the molecule is CC(C)(O)C#Cc1ccc(C(=O)NCCn2ncc3ccccc3c2=O)o1. The topological polar surface area (TPSA) is 97.4 Å². The first-order valence-electron chi connectivity index (χ1n) is 8.42. The summed E-state index contributed by atoms with van der Waals surface area (Å²) in [7, 11) is 0. The fraction of sp³-hybridized carbons (Fsp3) is 0.250. The maximum Gasteiger partial charge on any atom is 0.287 e. The molecule has 0 saturated carbocycles. The standard InChI is InChI=1S/C20H19N3O4/c1-20(2,26)10-9-15-7-8-17(27-15)18(24)21-11-12-23-19(25)16-6-4-3-5-14(16)13-22-23/h3-8,13,26H,11-12H2,1-2H3,(H,21,24). The van der Waals surface area contributed by atoms with Crippen LogP contribution in [-0.2, 0) is 6.54 Å². The summed E-state index contributed by atoms with van der Waals surface area (Å²) in [5, 5.41) is 17.7. The van der Waals surface area contributed by atoms with E-state index in [1.54, 1.807) is 38.2 Å². The Morgan fingerprint density at radius 1 is 1.30 bits per heavy atom. The Kier molecular flexibility index (Phi) is 5.10. The Morgan fingerprint density at radius 3 is 2.85 bits per heavy atom. The molecule has 2 aromatic heterocycles. The van der Waals surface area contributed by atoms with Gasteiger partial charge in [0.15, 0.2) is 11.5 Å². The zero-order chi connectivity index (χ0) is 19.4. The van der Waals surface area contributed by atoms with Crippen molar-refractivity contribution in [2.75, 3.05) is 6.54 Å². The summed E-state index contributed by atoms with van der Waals surface area (Å²) in [5.74, 6) is 5.25. The van der Waals surface area contributed by atoms with Gasteiger partial charge in [0.2, 0.25) is 0 Å². The number of aliphatic hydroxyl groups is 1. The summed E-state index contributed by atoms with van der Waals surface area (Å²) >= 11 is 0. The van der Waals surface area contributed by atoms with Gasteiger partial charge in [0.05, 0.1) is 18.1 Å². The summed E-state index contributed by atoms with van der Waals surface area (Å²) in [4.78, 5) is 24.5. The number of hydrogen-bond acceptors (Lipinski definition) is 5. The van der Waals surface area contributed by atoms with Crippen molar-refractivity contribution in [3.05, 3.63) is 64.5 Å². The molecule has 138 valence electrons. The normalized spacial score (nSPS) is 11.1. The largest absolute Gasteiger partial charge is 0.443 e. The first-order valence-corrected chi connectivity index (χ1v) is 8.42. The van der Waals surface area contributed by atoms with Crippen molar-refractivity contribution in [1.82, 2.24) is 15.1 Å². The van der Waals surface area contributed by atoms with Gasteiger partial charge in [-0.2, -0.15) is 5.10 Å². The van der Waals surface area contributed by atoms with Crippen LogP contribution in [0, 0.1) is 11.8 Å². The molecule has 7 nitrogen and oxygen atoms in total. The van der Waals surface area contributed by atoms with E-state index in [1.165, 1.54) is 10.7 Å². The molecule has 7 heteroatoms. The van der Waals surface area contributed by atoms with Gasteiger partial charge in [0, 0.05) is 11.9 Å². The molecule has 0 radical (unpaired) electrons. The Balaban J connectivity index is 1.62. The zero-order valence-electron chi connectivity index (χ0n) is 15.0. The third-order valence-electron chi connectivity index (χ3n) is 3.69.